The molecule has 4 rings (SSSR count). The van der Waals surface area contributed by atoms with Gasteiger partial charge in [0.15, 0.2) is 0 Å². The molecular formula is C22H21ClF3NO3. The molecule has 0 radical (unpaired) electrons. The molecule has 0 spiro atoms. The molecule has 8 heteroatoms. The first-order valence-electron chi connectivity index (χ1n) is 9.76. The molecule has 30 heavy (non-hydrogen) atoms. The molecule has 2 heterocycles. The highest BCUT2D eigenvalue weighted by molar-refractivity contribution is 6.26. The molecule has 0 amide bonds. The van der Waals surface area contributed by atoms with E-state index in [-0.39, 0.29) is 24.4 Å². The molecule has 1 fully saturated rings. The molecule has 4 nitrogen and oxygen atoms in total. The average molecular weight is 440 g/mol. The number of carbonyl (C=O) groups excluding carboxylic acids is 1. The van der Waals surface area contributed by atoms with Crippen LogP contribution < -0.4 is 5.32 Å². The molecule has 1 N–H and O–H groups in total. The fourth-order valence-electron chi connectivity index (χ4n) is 4.27. The SMILES string of the molecule is O=C(CCl)OC[C@H]1CC[C@@H]2[C@H](O1)c1cc(C(F)(F)F)ccc1N[C@H]2c1ccccc1. The lowest BCUT2D eigenvalue weighted by Crippen LogP contribution is -2.40. The summed E-state index contributed by atoms with van der Waals surface area (Å²) < 4.78 is 51.3. The highest BCUT2D eigenvalue weighted by atomic mass is 35.5. The van der Waals surface area contributed by atoms with Gasteiger partial charge in [-0.1, -0.05) is 30.3 Å². The van der Waals surface area contributed by atoms with Gasteiger partial charge in [0.25, 0.3) is 0 Å². The fourth-order valence-corrected chi connectivity index (χ4v) is 4.35. The van der Waals surface area contributed by atoms with Crippen molar-refractivity contribution in [3.8, 4) is 0 Å². The van der Waals surface area contributed by atoms with Crippen molar-refractivity contribution < 1.29 is 27.4 Å². The first kappa shape index (κ1) is 21.0. The predicted octanol–water partition coefficient (Wildman–Crippen LogP) is 5.49. The van der Waals surface area contributed by atoms with Crippen LogP contribution in [0.1, 0.15) is 41.7 Å². The summed E-state index contributed by atoms with van der Waals surface area (Å²) in [6, 6.07) is 13.4. The van der Waals surface area contributed by atoms with Crippen LogP contribution in [-0.2, 0) is 20.4 Å². The summed E-state index contributed by atoms with van der Waals surface area (Å²) in [5.41, 5.74) is 1.44. The fraction of sp³-hybridized carbons (Fsp3) is 0.409. The highest BCUT2D eigenvalue weighted by Gasteiger charge is 2.43. The lowest BCUT2D eigenvalue weighted by molar-refractivity contribution is -0.154. The zero-order valence-corrected chi connectivity index (χ0v) is 16.7. The molecule has 0 unspecified atom stereocenters. The maximum atomic E-state index is 13.3. The van der Waals surface area contributed by atoms with Crippen molar-refractivity contribution in [3.63, 3.8) is 0 Å². The number of nitrogens with one attached hydrogen (secondary N) is 1. The molecule has 2 aliphatic rings. The first-order valence-corrected chi connectivity index (χ1v) is 10.3. The molecule has 2 aliphatic heterocycles. The summed E-state index contributed by atoms with van der Waals surface area (Å²) >= 11 is 5.46. The van der Waals surface area contributed by atoms with E-state index in [1.807, 2.05) is 30.3 Å². The van der Waals surface area contributed by atoms with Crippen molar-refractivity contribution in [1.29, 1.82) is 0 Å². The van der Waals surface area contributed by atoms with E-state index in [2.05, 4.69) is 5.32 Å². The van der Waals surface area contributed by atoms with Crippen LogP contribution in [0.2, 0.25) is 0 Å². The Balaban J connectivity index is 1.67. The third kappa shape index (κ3) is 4.27. The largest absolute Gasteiger partial charge is 0.462 e. The third-order valence-electron chi connectivity index (χ3n) is 5.67. The molecule has 0 saturated carbocycles. The number of carbonyl (C=O) groups is 1. The van der Waals surface area contributed by atoms with Crippen LogP contribution in [0.3, 0.4) is 0 Å². The molecule has 1 saturated heterocycles. The van der Waals surface area contributed by atoms with Gasteiger partial charge in [0.2, 0.25) is 0 Å². The van der Waals surface area contributed by atoms with E-state index in [1.54, 1.807) is 0 Å². The van der Waals surface area contributed by atoms with E-state index in [0.29, 0.717) is 17.7 Å². The normalized spacial score (nSPS) is 25.6. The second-order valence-electron chi connectivity index (χ2n) is 7.57. The van der Waals surface area contributed by atoms with Gasteiger partial charge in [-0.05, 0) is 36.6 Å². The average Bonchev–Trinajstić information content (AvgIpc) is 2.76. The summed E-state index contributed by atoms with van der Waals surface area (Å²) in [7, 11) is 0. The van der Waals surface area contributed by atoms with Crippen LogP contribution >= 0.6 is 11.6 Å². The van der Waals surface area contributed by atoms with Gasteiger partial charge in [-0.25, -0.2) is 0 Å². The van der Waals surface area contributed by atoms with Crippen LogP contribution in [0.5, 0.6) is 0 Å². The second-order valence-corrected chi connectivity index (χ2v) is 7.84. The van der Waals surface area contributed by atoms with Crippen molar-refractivity contribution in [1.82, 2.24) is 0 Å². The monoisotopic (exact) mass is 439 g/mol. The number of hydrogen-bond acceptors (Lipinski definition) is 4. The number of anilines is 1. The van der Waals surface area contributed by atoms with Gasteiger partial charge < -0.3 is 14.8 Å². The van der Waals surface area contributed by atoms with Crippen molar-refractivity contribution in [2.45, 2.75) is 37.3 Å². The van der Waals surface area contributed by atoms with Gasteiger partial charge in [0, 0.05) is 17.2 Å². The van der Waals surface area contributed by atoms with Crippen molar-refractivity contribution in [2.75, 3.05) is 17.8 Å². The smallest absolute Gasteiger partial charge is 0.416 e. The van der Waals surface area contributed by atoms with E-state index in [0.717, 1.165) is 24.1 Å². The maximum Gasteiger partial charge on any atom is 0.416 e. The Bertz CT molecular complexity index is 906. The molecule has 0 bridgehead atoms. The topological polar surface area (TPSA) is 47.6 Å². The number of hydrogen-bond donors (Lipinski definition) is 1. The summed E-state index contributed by atoms with van der Waals surface area (Å²) in [6.07, 6.45) is -4.02. The third-order valence-corrected chi connectivity index (χ3v) is 5.89. The molecule has 2 aromatic carbocycles. The Labute approximate surface area is 177 Å². The van der Waals surface area contributed by atoms with Crippen LogP contribution in [0.15, 0.2) is 48.5 Å². The number of rotatable bonds is 4. The Kier molecular flexibility index (Phi) is 5.93. The van der Waals surface area contributed by atoms with E-state index >= 15 is 0 Å². The van der Waals surface area contributed by atoms with Gasteiger partial charge in [-0.15, -0.1) is 11.6 Å². The van der Waals surface area contributed by atoms with E-state index in [1.165, 1.54) is 6.07 Å². The highest BCUT2D eigenvalue weighted by Crippen LogP contribution is 2.51. The van der Waals surface area contributed by atoms with E-state index in [4.69, 9.17) is 21.1 Å². The number of esters is 1. The lowest BCUT2D eigenvalue weighted by Gasteiger charge is -2.45. The number of ether oxygens (including phenoxy) is 2. The van der Waals surface area contributed by atoms with Crippen LogP contribution in [-0.4, -0.2) is 24.6 Å². The summed E-state index contributed by atoms with van der Waals surface area (Å²) in [4.78, 5) is 11.4. The van der Waals surface area contributed by atoms with Gasteiger partial charge >= 0.3 is 12.1 Å². The number of benzene rings is 2. The number of fused-ring (bicyclic) bond motifs is 3. The minimum Gasteiger partial charge on any atom is -0.462 e. The van der Waals surface area contributed by atoms with Gasteiger partial charge in [0.1, 0.15) is 12.5 Å². The van der Waals surface area contributed by atoms with Crippen molar-refractivity contribution >= 4 is 23.3 Å². The Morgan fingerprint density at radius 2 is 1.93 bits per heavy atom. The van der Waals surface area contributed by atoms with Gasteiger partial charge in [-0.2, -0.15) is 13.2 Å². The molecule has 0 aromatic heterocycles. The summed E-state index contributed by atoms with van der Waals surface area (Å²) in [6.45, 7) is 0.0342. The zero-order valence-electron chi connectivity index (χ0n) is 16.0. The molecule has 0 aliphatic carbocycles. The first-order chi connectivity index (χ1) is 14.4. The summed E-state index contributed by atoms with van der Waals surface area (Å²) in [5.74, 6) is -0.853. The van der Waals surface area contributed by atoms with E-state index in [9.17, 15) is 18.0 Å². The van der Waals surface area contributed by atoms with Crippen molar-refractivity contribution in [3.05, 3.63) is 65.2 Å². The van der Waals surface area contributed by atoms with E-state index < -0.39 is 29.9 Å². The molecular weight excluding hydrogens is 419 g/mol. The number of alkyl halides is 4. The minimum atomic E-state index is -4.44. The Morgan fingerprint density at radius 3 is 2.63 bits per heavy atom. The zero-order chi connectivity index (χ0) is 21.3. The van der Waals surface area contributed by atoms with Crippen LogP contribution in [0.25, 0.3) is 0 Å². The summed E-state index contributed by atoms with van der Waals surface area (Å²) in [5, 5.41) is 3.42. The predicted molar refractivity (Wildman–Crippen MR) is 106 cm³/mol. The molecule has 4 atom stereocenters. The minimum absolute atomic E-state index is 0.0342. The lowest BCUT2D eigenvalue weighted by atomic mass is 9.76. The second kappa shape index (κ2) is 8.47. The Morgan fingerprint density at radius 1 is 1.17 bits per heavy atom. The standard InChI is InChI=1S/C22H21ClF3NO3/c23-11-19(28)29-12-15-7-8-16-20(13-4-2-1-3-5-13)27-18-9-6-14(22(24,25)26)10-17(18)21(16)30-15/h1-6,9-10,15-16,20-21,27H,7-8,11-12H2/t15-,16+,20+,21+/m1/s1. The van der Waals surface area contributed by atoms with Crippen molar-refractivity contribution in [2.24, 2.45) is 5.92 Å². The molecule has 2 aromatic rings. The van der Waals surface area contributed by atoms with Crippen LogP contribution in [0, 0.1) is 5.92 Å². The number of halogens is 4. The quantitative estimate of drug-likeness (QED) is 0.505. The molecule has 160 valence electrons. The van der Waals surface area contributed by atoms with Gasteiger partial charge in [0.05, 0.1) is 23.8 Å². The maximum absolute atomic E-state index is 13.3. The van der Waals surface area contributed by atoms with Gasteiger partial charge in [-0.3, -0.25) is 4.79 Å². The van der Waals surface area contributed by atoms with Crippen LogP contribution in [0.4, 0.5) is 18.9 Å². The Hall–Kier alpha value is -2.25.